The van der Waals surface area contributed by atoms with Crippen LogP contribution in [0, 0.1) is 22.7 Å². The Kier molecular flexibility index (Phi) is 6.33. The highest BCUT2D eigenvalue weighted by Gasteiger charge is 2.18. The van der Waals surface area contributed by atoms with E-state index in [-0.39, 0.29) is 0 Å². The molecule has 166 valence electrons. The lowest BCUT2D eigenvalue weighted by Crippen LogP contribution is -2.22. The predicted octanol–water partition coefficient (Wildman–Crippen LogP) is 4.92. The molecule has 0 unspecified atom stereocenters. The molecular formula is C26H22N8. The Bertz CT molecular complexity index is 1270. The molecule has 3 aromatic carbocycles. The zero-order valence-electron chi connectivity index (χ0n) is 19.1. The van der Waals surface area contributed by atoms with Gasteiger partial charge in [-0.25, -0.2) is 0 Å². The first-order chi connectivity index (χ1) is 16.5. The second-order valence-electron chi connectivity index (χ2n) is 7.57. The summed E-state index contributed by atoms with van der Waals surface area (Å²) in [6, 6.07) is 28.6. The van der Waals surface area contributed by atoms with E-state index in [1.165, 1.54) is 0 Å². The smallest absolute Gasteiger partial charge is 0.236 e. The van der Waals surface area contributed by atoms with Gasteiger partial charge in [0.25, 0.3) is 0 Å². The van der Waals surface area contributed by atoms with Gasteiger partial charge in [0.2, 0.25) is 17.8 Å². The summed E-state index contributed by atoms with van der Waals surface area (Å²) in [7, 11) is 5.64. The molecule has 4 aromatic rings. The molecular weight excluding hydrogens is 424 g/mol. The van der Waals surface area contributed by atoms with E-state index in [1.54, 1.807) is 24.3 Å². The fourth-order valence-corrected chi connectivity index (χ4v) is 3.31. The van der Waals surface area contributed by atoms with Crippen LogP contribution in [-0.4, -0.2) is 36.1 Å². The number of nitriles is 2. The highest BCUT2D eigenvalue weighted by Crippen LogP contribution is 2.29. The average Bonchev–Trinajstić information content (AvgIpc) is 2.92. The number of hydrogen-bond donors (Lipinski definition) is 0. The summed E-state index contributed by atoms with van der Waals surface area (Å²) < 4.78 is 0. The largest absolute Gasteiger partial charge is 0.313 e. The maximum absolute atomic E-state index is 9.10. The Labute approximate surface area is 198 Å². The summed E-state index contributed by atoms with van der Waals surface area (Å²) in [5.74, 6) is 1.38. The summed E-state index contributed by atoms with van der Waals surface area (Å²) in [4.78, 5) is 19.8. The Morgan fingerprint density at radius 3 is 1.15 bits per heavy atom. The van der Waals surface area contributed by atoms with Crippen LogP contribution >= 0.6 is 0 Å². The third-order valence-corrected chi connectivity index (χ3v) is 5.41. The van der Waals surface area contributed by atoms with Gasteiger partial charge in [0.15, 0.2) is 0 Å². The molecule has 0 atom stereocenters. The van der Waals surface area contributed by atoms with Gasteiger partial charge in [-0.05, 0) is 60.7 Å². The lowest BCUT2D eigenvalue weighted by Gasteiger charge is -2.24. The Morgan fingerprint density at radius 1 is 0.500 bits per heavy atom. The van der Waals surface area contributed by atoms with Crippen LogP contribution < -0.4 is 14.7 Å². The number of hydrogen-bond acceptors (Lipinski definition) is 8. The van der Waals surface area contributed by atoms with E-state index in [1.807, 2.05) is 90.4 Å². The van der Waals surface area contributed by atoms with Crippen molar-refractivity contribution in [1.82, 2.24) is 15.0 Å². The van der Waals surface area contributed by atoms with E-state index < -0.39 is 0 Å². The first kappa shape index (κ1) is 22.3. The fraction of sp³-hybridized carbons (Fsp3) is 0.115. The average molecular weight is 447 g/mol. The van der Waals surface area contributed by atoms with Crippen LogP contribution in [0.3, 0.4) is 0 Å². The first-order valence-electron chi connectivity index (χ1n) is 10.5. The summed E-state index contributed by atoms with van der Waals surface area (Å²) in [5, 5.41) is 18.2. The maximum Gasteiger partial charge on any atom is 0.236 e. The molecule has 0 bridgehead atoms. The number of aromatic nitrogens is 3. The summed E-state index contributed by atoms with van der Waals surface area (Å²) in [6.07, 6.45) is 0. The SMILES string of the molecule is CN(c1ccccc1)c1nc(N(C)c2ccc(C#N)cc2)nc(N(C)c2ccc(C#N)cc2)n1. The maximum atomic E-state index is 9.10. The Hall–Kier alpha value is -4.95. The minimum atomic E-state index is 0.452. The van der Waals surface area contributed by atoms with E-state index in [4.69, 9.17) is 25.5 Å². The number of rotatable bonds is 6. The predicted molar refractivity (Wildman–Crippen MR) is 133 cm³/mol. The summed E-state index contributed by atoms with van der Waals surface area (Å²) in [6.45, 7) is 0. The molecule has 0 aliphatic carbocycles. The van der Waals surface area contributed by atoms with Gasteiger partial charge in [0.05, 0.1) is 23.3 Å². The van der Waals surface area contributed by atoms with Gasteiger partial charge in [-0.2, -0.15) is 25.5 Å². The van der Waals surface area contributed by atoms with Crippen molar-refractivity contribution in [3.63, 3.8) is 0 Å². The Morgan fingerprint density at radius 2 is 0.824 bits per heavy atom. The van der Waals surface area contributed by atoms with Gasteiger partial charge in [-0.3, -0.25) is 0 Å². The molecule has 8 nitrogen and oxygen atoms in total. The van der Waals surface area contributed by atoms with Crippen LogP contribution in [0.25, 0.3) is 0 Å². The first-order valence-corrected chi connectivity index (χ1v) is 10.5. The van der Waals surface area contributed by atoms with Gasteiger partial charge < -0.3 is 14.7 Å². The van der Waals surface area contributed by atoms with Crippen LogP contribution in [-0.2, 0) is 0 Å². The number of para-hydroxylation sites is 1. The molecule has 0 saturated heterocycles. The minimum absolute atomic E-state index is 0.452. The molecule has 4 rings (SSSR count). The van der Waals surface area contributed by atoms with Crippen molar-refractivity contribution >= 4 is 34.9 Å². The molecule has 0 spiro atoms. The van der Waals surface area contributed by atoms with E-state index in [9.17, 15) is 0 Å². The van der Waals surface area contributed by atoms with Gasteiger partial charge in [-0.15, -0.1) is 0 Å². The van der Waals surface area contributed by atoms with E-state index in [2.05, 4.69) is 12.1 Å². The van der Waals surface area contributed by atoms with Crippen molar-refractivity contribution in [3.8, 4) is 12.1 Å². The minimum Gasteiger partial charge on any atom is -0.313 e. The Balaban J connectivity index is 1.78. The van der Waals surface area contributed by atoms with E-state index in [0.29, 0.717) is 29.0 Å². The second-order valence-corrected chi connectivity index (χ2v) is 7.57. The highest BCUT2D eigenvalue weighted by atomic mass is 15.4. The van der Waals surface area contributed by atoms with Gasteiger partial charge >= 0.3 is 0 Å². The number of benzene rings is 3. The van der Waals surface area contributed by atoms with Crippen molar-refractivity contribution in [2.24, 2.45) is 0 Å². The topological polar surface area (TPSA) is 96.0 Å². The highest BCUT2D eigenvalue weighted by molar-refractivity contribution is 5.65. The molecule has 8 heteroatoms. The lowest BCUT2D eigenvalue weighted by atomic mass is 10.2. The lowest BCUT2D eigenvalue weighted by molar-refractivity contribution is 0.926. The number of nitrogens with zero attached hydrogens (tertiary/aromatic N) is 8. The van der Waals surface area contributed by atoms with Crippen LogP contribution in [0.15, 0.2) is 78.9 Å². The molecule has 1 aromatic heterocycles. The fourth-order valence-electron chi connectivity index (χ4n) is 3.31. The molecule has 0 N–H and O–H groups in total. The quantitative estimate of drug-likeness (QED) is 0.412. The molecule has 0 fully saturated rings. The van der Waals surface area contributed by atoms with Crippen molar-refractivity contribution < 1.29 is 0 Å². The monoisotopic (exact) mass is 446 g/mol. The van der Waals surface area contributed by atoms with Gasteiger partial charge in [0, 0.05) is 38.2 Å². The molecule has 0 aliphatic rings. The van der Waals surface area contributed by atoms with Crippen molar-refractivity contribution in [2.75, 3.05) is 35.8 Å². The van der Waals surface area contributed by atoms with Crippen molar-refractivity contribution in [3.05, 3.63) is 90.0 Å². The van der Waals surface area contributed by atoms with Crippen LogP contribution in [0.2, 0.25) is 0 Å². The van der Waals surface area contributed by atoms with Crippen molar-refractivity contribution in [2.45, 2.75) is 0 Å². The summed E-state index contributed by atoms with van der Waals surface area (Å²) >= 11 is 0. The zero-order valence-corrected chi connectivity index (χ0v) is 19.1. The standard InChI is InChI=1S/C26H22N8/c1-32(21-7-5-4-6-8-21)24-29-25(33(2)22-13-9-19(17-27)10-14-22)31-26(30-24)34(3)23-15-11-20(18-28)12-16-23/h4-16H,1-3H3. The second kappa shape index (κ2) is 9.68. The van der Waals surface area contributed by atoms with E-state index >= 15 is 0 Å². The van der Waals surface area contributed by atoms with Gasteiger partial charge in [-0.1, -0.05) is 18.2 Å². The third kappa shape index (κ3) is 4.62. The molecule has 34 heavy (non-hydrogen) atoms. The molecule has 1 heterocycles. The van der Waals surface area contributed by atoms with Crippen molar-refractivity contribution in [1.29, 1.82) is 10.5 Å². The van der Waals surface area contributed by atoms with Crippen LogP contribution in [0.1, 0.15) is 11.1 Å². The normalized spacial score (nSPS) is 10.1. The molecule has 0 amide bonds. The van der Waals surface area contributed by atoms with E-state index in [0.717, 1.165) is 17.1 Å². The molecule has 0 aliphatic heterocycles. The molecule has 0 radical (unpaired) electrons. The third-order valence-electron chi connectivity index (χ3n) is 5.41. The molecule has 0 saturated carbocycles. The summed E-state index contributed by atoms with van der Waals surface area (Å²) in [5.41, 5.74) is 3.78. The number of anilines is 6. The van der Waals surface area contributed by atoms with Crippen LogP contribution in [0.4, 0.5) is 34.9 Å². The zero-order chi connectivity index (χ0) is 24.1. The van der Waals surface area contributed by atoms with Crippen LogP contribution in [0.5, 0.6) is 0 Å². The van der Waals surface area contributed by atoms with Gasteiger partial charge in [0.1, 0.15) is 0 Å².